The van der Waals surface area contributed by atoms with Crippen LogP contribution in [0.1, 0.15) is 57.6 Å². The van der Waals surface area contributed by atoms with Crippen molar-refractivity contribution in [1.82, 2.24) is 5.32 Å². The molecule has 0 aliphatic carbocycles. The molecule has 1 aromatic rings. The molecule has 0 heterocycles. The summed E-state index contributed by atoms with van der Waals surface area (Å²) in [5, 5.41) is 16.2. The first-order valence-electron chi connectivity index (χ1n) is 7.89. The van der Waals surface area contributed by atoms with Gasteiger partial charge < -0.3 is 15.7 Å². The Morgan fingerprint density at radius 1 is 1.14 bits per heavy atom. The van der Waals surface area contributed by atoms with Crippen molar-refractivity contribution in [2.75, 3.05) is 18.4 Å². The van der Waals surface area contributed by atoms with Crippen LogP contribution in [0.15, 0.2) is 24.3 Å². The Labute approximate surface area is 128 Å². The topological polar surface area (TPSA) is 61.4 Å². The third kappa shape index (κ3) is 7.83. The predicted molar refractivity (Wildman–Crippen MR) is 87.3 cm³/mol. The Hall–Kier alpha value is -1.39. The van der Waals surface area contributed by atoms with E-state index in [9.17, 15) is 9.90 Å². The lowest BCUT2D eigenvalue weighted by atomic mass is 10.1. The summed E-state index contributed by atoms with van der Waals surface area (Å²) in [4.78, 5) is 10.9. The van der Waals surface area contributed by atoms with Crippen LogP contribution in [0.4, 0.5) is 5.69 Å². The average Bonchev–Trinajstić information content (AvgIpc) is 2.46. The highest BCUT2D eigenvalue weighted by Gasteiger charge is 2.07. The van der Waals surface area contributed by atoms with Crippen molar-refractivity contribution in [1.29, 1.82) is 0 Å². The lowest BCUT2D eigenvalue weighted by Gasteiger charge is -2.12. The van der Waals surface area contributed by atoms with Crippen LogP contribution in [0.2, 0.25) is 0 Å². The third-order valence-electron chi connectivity index (χ3n) is 3.42. The number of rotatable bonds is 10. The van der Waals surface area contributed by atoms with Crippen LogP contribution in [0.25, 0.3) is 0 Å². The Morgan fingerprint density at radius 3 is 2.48 bits per heavy atom. The minimum Gasteiger partial charge on any atom is -0.388 e. The molecule has 1 aromatic carbocycles. The van der Waals surface area contributed by atoms with Crippen molar-refractivity contribution >= 4 is 11.6 Å². The first-order valence-corrected chi connectivity index (χ1v) is 7.89. The van der Waals surface area contributed by atoms with Gasteiger partial charge in [0.25, 0.3) is 0 Å². The lowest BCUT2D eigenvalue weighted by molar-refractivity contribution is -0.114. The summed E-state index contributed by atoms with van der Waals surface area (Å²) in [7, 11) is 0. The lowest BCUT2D eigenvalue weighted by Crippen LogP contribution is -2.18. The van der Waals surface area contributed by atoms with E-state index in [0.29, 0.717) is 6.42 Å². The number of unbranched alkanes of at least 4 members (excludes halogenated alkanes) is 3. The number of anilines is 1. The molecule has 0 aliphatic heterocycles. The minimum absolute atomic E-state index is 0.0874. The van der Waals surface area contributed by atoms with E-state index in [-0.39, 0.29) is 5.91 Å². The maximum Gasteiger partial charge on any atom is 0.221 e. The molecule has 21 heavy (non-hydrogen) atoms. The van der Waals surface area contributed by atoms with E-state index < -0.39 is 6.10 Å². The predicted octanol–water partition coefficient (Wildman–Crippen LogP) is 3.24. The van der Waals surface area contributed by atoms with Gasteiger partial charge in [0.05, 0.1) is 6.10 Å². The molecule has 0 saturated carbocycles. The van der Waals surface area contributed by atoms with Crippen LogP contribution in [0, 0.1) is 0 Å². The molecule has 0 radical (unpaired) electrons. The van der Waals surface area contributed by atoms with Crippen molar-refractivity contribution in [2.24, 2.45) is 0 Å². The normalized spacial score (nSPS) is 12.1. The van der Waals surface area contributed by atoms with Gasteiger partial charge in [-0.05, 0) is 43.6 Å². The van der Waals surface area contributed by atoms with E-state index in [0.717, 1.165) is 24.3 Å². The van der Waals surface area contributed by atoms with Gasteiger partial charge in [0.1, 0.15) is 0 Å². The summed E-state index contributed by atoms with van der Waals surface area (Å²) >= 11 is 0. The molecule has 0 bridgehead atoms. The molecule has 0 saturated heterocycles. The van der Waals surface area contributed by atoms with Gasteiger partial charge in [0.15, 0.2) is 0 Å². The Balaban J connectivity index is 2.22. The van der Waals surface area contributed by atoms with Crippen molar-refractivity contribution in [3.8, 4) is 0 Å². The standard InChI is InChI=1S/C17H28N2O2/c1-3-4-5-6-12-18-13-11-17(21)15-7-9-16(10-8-15)19-14(2)20/h7-10,17-18,21H,3-6,11-13H2,1-2H3,(H,19,20). The van der Waals surface area contributed by atoms with E-state index in [1.807, 2.05) is 24.3 Å². The van der Waals surface area contributed by atoms with Crippen molar-refractivity contribution in [2.45, 2.75) is 52.1 Å². The van der Waals surface area contributed by atoms with Gasteiger partial charge in [0, 0.05) is 12.6 Å². The fourth-order valence-corrected chi connectivity index (χ4v) is 2.20. The molecule has 118 valence electrons. The highest BCUT2D eigenvalue weighted by Crippen LogP contribution is 2.18. The van der Waals surface area contributed by atoms with Crippen LogP contribution < -0.4 is 10.6 Å². The third-order valence-corrected chi connectivity index (χ3v) is 3.42. The molecule has 4 nitrogen and oxygen atoms in total. The second-order valence-electron chi connectivity index (χ2n) is 5.42. The van der Waals surface area contributed by atoms with E-state index in [1.54, 1.807) is 0 Å². The number of hydrogen-bond acceptors (Lipinski definition) is 3. The van der Waals surface area contributed by atoms with E-state index >= 15 is 0 Å². The number of aliphatic hydroxyl groups is 1. The Kier molecular flexibility index (Phi) is 8.71. The molecular weight excluding hydrogens is 264 g/mol. The van der Waals surface area contributed by atoms with Crippen LogP contribution in [0.3, 0.4) is 0 Å². The van der Waals surface area contributed by atoms with Gasteiger partial charge in [-0.3, -0.25) is 4.79 Å². The highest BCUT2D eigenvalue weighted by atomic mass is 16.3. The van der Waals surface area contributed by atoms with Crippen LogP contribution in [-0.4, -0.2) is 24.1 Å². The summed E-state index contributed by atoms with van der Waals surface area (Å²) < 4.78 is 0. The number of benzene rings is 1. The molecular formula is C17H28N2O2. The molecule has 0 aliphatic rings. The maximum atomic E-state index is 10.9. The minimum atomic E-state index is -0.459. The molecule has 1 amide bonds. The number of aliphatic hydroxyl groups excluding tert-OH is 1. The van der Waals surface area contributed by atoms with E-state index in [4.69, 9.17) is 0 Å². The summed E-state index contributed by atoms with van der Waals surface area (Å²) in [6, 6.07) is 7.35. The number of hydrogen-bond donors (Lipinski definition) is 3. The zero-order chi connectivity index (χ0) is 15.5. The van der Waals surface area contributed by atoms with Gasteiger partial charge in [-0.2, -0.15) is 0 Å². The summed E-state index contributed by atoms with van der Waals surface area (Å²) in [6.07, 6.45) is 5.27. The SMILES string of the molecule is CCCCCCNCCC(O)c1ccc(NC(C)=O)cc1. The number of carbonyl (C=O) groups excluding carboxylic acids is 1. The summed E-state index contributed by atoms with van der Waals surface area (Å²) in [5.74, 6) is -0.0874. The monoisotopic (exact) mass is 292 g/mol. The zero-order valence-corrected chi connectivity index (χ0v) is 13.2. The molecule has 0 aromatic heterocycles. The smallest absolute Gasteiger partial charge is 0.221 e. The summed E-state index contributed by atoms with van der Waals surface area (Å²) in [5.41, 5.74) is 1.64. The first kappa shape index (κ1) is 17.7. The van der Waals surface area contributed by atoms with Gasteiger partial charge in [-0.1, -0.05) is 38.3 Å². The Bertz CT molecular complexity index is 404. The van der Waals surface area contributed by atoms with Gasteiger partial charge in [-0.25, -0.2) is 0 Å². The van der Waals surface area contributed by atoms with Crippen LogP contribution in [0.5, 0.6) is 0 Å². The van der Waals surface area contributed by atoms with Crippen LogP contribution >= 0.6 is 0 Å². The van der Waals surface area contributed by atoms with E-state index in [2.05, 4.69) is 17.6 Å². The average molecular weight is 292 g/mol. The molecule has 4 heteroatoms. The van der Waals surface area contributed by atoms with Gasteiger partial charge >= 0.3 is 0 Å². The van der Waals surface area contributed by atoms with Crippen molar-refractivity contribution < 1.29 is 9.90 Å². The largest absolute Gasteiger partial charge is 0.388 e. The van der Waals surface area contributed by atoms with Crippen molar-refractivity contribution in [3.05, 3.63) is 29.8 Å². The molecule has 0 fully saturated rings. The molecule has 1 rings (SSSR count). The van der Waals surface area contributed by atoms with Crippen molar-refractivity contribution in [3.63, 3.8) is 0 Å². The molecule has 1 atom stereocenters. The molecule has 0 spiro atoms. The zero-order valence-electron chi connectivity index (χ0n) is 13.2. The summed E-state index contributed by atoms with van der Waals surface area (Å²) in [6.45, 7) is 5.53. The second-order valence-corrected chi connectivity index (χ2v) is 5.42. The first-order chi connectivity index (χ1) is 10.1. The van der Waals surface area contributed by atoms with E-state index in [1.165, 1.54) is 32.6 Å². The maximum absolute atomic E-state index is 10.9. The fraction of sp³-hybridized carbons (Fsp3) is 0.588. The van der Waals surface area contributed by atoms with Gasteiger partial charge in [-0.15, -0.1) is 0 Å². The Morgan fingerprint density at radius 2 is 1.86 bits per heavy atom. The molecule has 1 unspecified atom stereocenters. The van der Waals surface area contributed by atoms with Crippen LogP contribution in [-0.2, 0) is 4.79 Å². The second kappa shape index (κ2) is 10.4. The quantitative estimate of drug-likeness (QED) is 0.580. The molecule has 3 N–H and O–H groups in total. The number of carbonyl (C=O) groups is 1. The van der Waals surface area contributed by atoms with Gasteiger partial charge in [0.2, 0.25) is 5.91 Å². The number of nitrogens with one attached hydrogen (secondary N) is 2. The number of amides is 1. The highest BCUT2D eigenvalue weighted by molar-refractivity contribution is 5.88. The fourth-order valence-electron chi connectivity index (χ4n) is 2.20.